The van der Waals surface area contributed by atoms with E-state index in [0.29, 0.717) is 18.5 Å². The number of piperazine rings is 1. The van der Waals surface area contributed by atoms with E-state index in [1.165, 1.54) is 5.69 Å². The normalized spacial score (nSPS) is 12.7. The molecule has 1 amide bonds. The molecule has 1 aromatic heterocycles. The fourth-order valence-electron chi connectivity index (χ4n) is 3.99. The van der Waals surface area contributed by atoms with E-state index >= 15 is 0 Å². The van der Waals surface area contributed by atoms with E-state index in [-0.39, 0.29) is 5.91 Å². The second kappa shape index (κ2) is 20.7. The number of alkyl halides is 9. The van der Waals surface area contributed by atoms with Gasteiger partial charge in [-0.15, -0.1) is 0 Å². The van der Waals surface area contributed by atoms with Crippen LogP contribution in [0.5, 0.6) is 5.75 Å². The summed E-state index contributed by atoms with van der Waals surface area (Å²) in [6, 6.07) is 17.9. The summed E-state index contributed by atoms with van der Waals surface area (Å²) in [5.41, 5.74) is 4.00. The monoisotopic (exact) mass is 836 g/mol. The molecule has 4 N–H and O–H groups in total. The van der Waals surface area contributed by atoms with E-state index in [1.807, 2.05) is 60.9 Å². The SMILES string of the molecule is COc1ccccc1CCNC(=O)c1cc(Br)cc(N2CCN(c3ccncc3)CC2)c1.O=C(O)C(F)(F)F.O=C(O)C(F)(F)F.O=C(O)C(F)(F)F. The van der Waals surface area contributed by atoms with Crippen LogP contribution in [-0.4, -0.2) is 102 Å². The van der Waals surface area contributed by atoms with Crippen molar-refractivity contribution in [2.75, 3.05) is 49.6 Å². The summed E-state index contributed by atoms with van der Waals surface area (Å²) in [6.07, 6.45) is -10.9. The highest BCUT2D eigenvalue weighted by atomic mass is 79.9. The highest BCUT2D eigenvalue weighted by Crippen LogP contribution is 2.26. The summed E-state index contributed by atoms with van der Waals surface area (Å²) in [6.45, 7) is 4.20. The van der Waals surface area contributed by atoms with Gasteiger partial charge in [0.05, 0.1) is 7.11 Å². The van der Waals surface area contributed by atoms with Crippen LogP contribution in [0, 0.1) is 0 Å². The number of benzene rings is 2. The van der Waals surface area contributed by atoms with Crippen molar-refractivity contribution in [3.8, 4) is 5.75 Å². The Morgan fingerprint density at radius 2 is 1.17 bits per heavy atom. The van der Waals surface area contributed by atoms with Crippen molar-refractivity contribution in [1.82, 2.24) is 10.3 Å². The second-order valence-corrected chi connectivity index (χ2v) is 11.0. The molecule has 1 aliphatic heterocycles. The van der Waals surface area contributed by atoms with Gasteiger partial charge in [-0.05, 0) is 48.4 Å². The molecule has 53 heavy (non-hydrogen) atoms. The van der Waals surface area contributed by atoms with Crippen molar-refractivity contribution >= 4 is 51.1 Å². The maximum Gasteiger partial charge on any atom is 0.490 e. The van der Waals surface area contributed by atoms with Gasteiger partial charge < -0.3 is 35.2 Å². The number of hydrogen-bond donors (Lipinski definition) is 4. The summed E-state index contributed by atoms with van der Waals surface area (Å²) in [5, 5.41) is 24.4. The summed E-state index contributed by atoms with van der Waals surface area (Å²) in [4.78, 5) is 48.3. The molecule has 4 rings (SSSR count). The number of ether oxygens (including phenoxy) is 1. The van der Waals surface area contributed by atoms with Crippen molar-refractivity contribution < 1.29 is 78.7 Å². The molecule has 0 atom stereocenters. The van der Waals surface area contributed by atoms with Crippen LogP contribution < -0.4 is 19.9 Å². The van der Waals surface area contributed by atoms with Gasteiger partial charge in [0.1, 0.15) is 5.75 Å². The Balaban J connectivity index is 0.000000545. The minimum atomic E-state index is -5.08. The fourth-order valence-corrected chi connectivity index (χ4v) is 4.47. The van der Waals surface area contributed by atoms with Gasteiger partial charge >= 0.3 is 36.4 Å². The number of amides is 1. The number of rotatable bonds is 7. The Morgan fingerprint density at radius 1 is 0.736 bits per heavy atom. The molecule has 1 fully saturated rings. The van der Waals surface area contributed by atoms with Crippen molar-refractivity contribution in [2.45, 2.75) is 24.9 Å². The molecule has 12 nitrogen and oxygen atoms in total. The first kappa shape index (κ1) is 45.7. The molecular weight excluding hydrogens is 807 g/mol. The van der Waals surface area contributed by atoms with Crippen LogP contribution in [0.2, 0.25) is 0 Å². The van der Waals surface area contributed by atoms with Crippen LogP contribution in [-0.2, 0) is 20.8 Å². The molecule has 0 spiro atoms. The molecule has 0 saturated carbocycles. The lowest BCUT2D eigenvalue weighted by Crippen LogP contribution is -2.46. The van der Waals surface area contributed by atoms with Gasteiger partial charge in [-0.2, -0.15) is 39.5 Å². The Hall–Kier alpha value is -5.28. The maximum absolute atomic E-state index is 12.8. The van der Waals surface area contributed by atoms with Crippen molar-refractivity contribution in [1.29, 1.82) is 0 Å². The van der Waals surface area contributed by atoms with Crippen molar-refractivity contribution in [2.24, 2.45) is 0 Å². The zero-order valence-corrected chi connectivity index (χ0v) is 28.7. The Kier molecular flexibility index (Phi) is 17.8. The number of carbonyl (C=O) groups is 4. The lowest BCUT2D eigenvalue weighted by atomic mass is 10.1. The van der Waals surface area contributed by atoms with Gasteiger partial charge in [-0.1, -0.05) is 34.1 Å². The number of carboxylic acid groups (broad SMARTS) is 3. The molecule has 2 heterocycles. The summed E-state index contributed by atoms with van der Waals surface area (Å²) in [5.74, 6) is -7.50. The second-order valence-electron chi connectivity index (χ2n) is 10.1. The third-order valence-corrected chi connectivity index (χ3v) is 6.88. The lowest BCUT2D eigenvalue weighted by molar-refractivity contribution is -0.193. The minimum Gasteiger partial charge on any atom is -0.496 e. The van der Waals surface area contributed by atoms with E-state index < -0.39 is 36.4 Å². The third kappa shape index (κ3) is 17.2. The summed E-state index contributed by atoms with van der Waals surface area (Å²) >= 11 is 3.58. The maximum atomic E-state index is 12.8. The van der Waals surface area contributed by atoms with Gasteiger partial charge in [0.25, 0.3) is 5.91 Å². The van der Waals surface area contributed by atoms with Crippen LogP contribution in [0.1, 0.15) is 15.9 Å². The predicted octanol–water partition coefficient (Wildman–Crippen LogP) is 6.05. The van der Waals surface area contributed by atoms with Crippen LogP contribution in [0.15, 0.2) is 71.5 Å². The van der Waals surface area contributed by atoms with Crippen molar-refractivity contribution in [3.05, 3.63) is 82.6 Å². The number of pyridine rings is 1. The first-order valence-corrected chi connectivity index (χ1v) is 15.3. The van der Waals surface area contributed by atoms with Gasteiger partial charge in [0.2, 0.25) is 0 Å². The van der Waals surface area contributed by atoms with Gasteiger partial charge in [-0.3, -0.25) is 9.78 Å². The largest absolute Gasteiger partial charge is 0.496 e. The van der Waals surface area contributed by atoms with E-state index in [1.54, 1.807) is 7.11 Å². The van der Waals surface area contributed by atoms with Crippen LogP contribution in [0.25, 0.3) is 0 Å². The highest BCUT2D eigenvalue weighted by molar-refractivity contribution is 9.10. The van der Waals surface area contributed by atoms with Crippen LogP contribution in [0.3, 0.4) is 0 Å². The van der Waals surface area contributed by atoms with Crippen LogP contribution >= 0.6 is 15.9 Å². The summed E-state index contributed by atoms with van der Waals surface area (Å²) < 4.78 is 102. The Bertz CT molecular complexity index is 1600. The Labute approximate surface area is 302 Å². The summed E-state index contributed by atoms with van der Waals surface area (Å²) in [7, 11) is 1.66. The number of para-hydroxylation sites is 1. The first-order chi connectivity index (χ1) is 24.5. The number of halogens is 10. The number of hydrogen-bond acceptors (Lipinski definition) is 8. The topological polar surface area (TPSA) is 170 Å². The highest BCUT2D eigenvalue weighted by Gasteiger charge is 2.39. The van der Waals surface area contributed by atoms with Crippen molar-refractivity contribution in [3.63, 3.8) is 0 Å². The molecule has 0 unspecified atom stereocenters. The average Bonchev–Trinajstić information content (AvgIpc) is 3.08. The molecule has 0 radical (unpaired) electrons. The number of nitrogens with one attached hydrogen (secondary N) is 1. The average molecular weight is 837 g/mol. The number of carbonyl (C=O) groups excluding carboxylic acids is 1. The van der Waals surface area contributed by atoms with Gasteiger partial charge in [0.15, 0.2) is 0 Å². The molecule has 1 aliphatic rings. The number of aliphatic carboxylic acids is 3. The third-order valence-electron chi connectivity index (χ3n) is 6.42. The van der Waals surface area contributed by atoms with E-state index in [0.717, 1.165) is 47.7 Å². The van der Waals surface area contributed by atoms with Gasteiger partial charge in [-0.25, -0.2) is 14.4 Å². The zero-order chi connectivity index (χ0) is 40.6. The van der Waals surface area contributed by atoms with E-state index in [9.17, 15) is 44.3 Å². The number of carboxylic acids is 3. The predicted molar refractivity (Wildman–Crippen MR) is 173 cm³/mol. The molecule has 1 saturated heterocycles. The number of methoxy groups -OCH3 is 1. The first-order valence-electron chi connectivity index (χ1n) is 14.5. The van der Waals surface area contributed by atoms with Gasteiger partial charge in [0, 0.05) is 66.5 Å². The zero-order valence-electron chi connectivity index (χ0n) is 27.1. The molecule has 0 bridgehead atoms. The quantitative estimate of drug-likeness (QED) is 0.205. The molecule has 292 valence electrons. The molecule has 22 heteroatoms. The smallest absolute Gasteiger partial charge is 0.490 e. The lowest BCUT2D eigenvalue weighted by Gasteiger charge is -2.37. The fraction of sp³-hybridized carbons (Fsp3) is 0.323. The Morgan fingerprint density at radius 3 is 1.60 bits per heavy atom. The van der Waals surface area contributed by atoms with Crippen LogP contribution in [0.4, 0.5) is 50.9 Å². The minimum absolute atomic E-state index is 0.0714. The van der Waals surface area contributed by atoms with E-state index in [4.69, 9.17) is 34.4 Å². The number of anilines is 2. The number of aromatic nitrogens is 1. The molecule has 2 aromatic carbocycles. The van der Waals surface area contributed by atoms with E-state index in [2.05, 4.69) is 42.1 Å². The number of nitrogens with zero attached hydrogens (tertiary/aromatic N) is 3. The molecule has 3 aromatic rings. The molecule has 0 aliphatic carbocycles. The molecular formula is C31H30BrF9N4O8. The standard InChI is InChI=1S/C25H27BrN4O2.3C2HF3O2/c1-32-24-5-3-2-4-19(24)6-11-28-25(31)20-16-21(26)18-23(17-20)30-14-12-29(13-15-30)22-7-9-27-10-8-22;3*3-2(4,5)1(6)7/h2-5,7-10,16-18H,6,11-15H2,1H3,(H,28,31);3*(H,6,7).